The number of hydrogen-bond donors (Lipinski definition) is 1. The first-order chi connectivity index (χ1) is 16.4. The van der Waals surface area contributed by atoms with Crippen molar-refractivity contribution in [3.8, 4) is 5.75 Å². The summed E-state index contributed by atoms with van der Waals surface area (Å²) in [6, 6.07) is 7.38. The number of nitrogens with one attached hydrogen (secondary N) is 1. The summed E-state index contributed by atoms with van der Waals surface area (Å²) in [4.78, 5) is 35.3. The van der Waals surface area contributed by atoms with Crippen LogP contribution in [0.15, 0.2) is 35.3 Å². The van der Waals surface area contributed by atoms with Gasteiger partial charge in [0.05, 0.1) is 5.52 Å². The Morgan fingerprint density at radius 1 is 1.24 bits per heavy atom. The monoisotopic (exact) mass is 467 g/mol. The maximum absolute atomic E-state index is 13.6. The van der Waals surface area contributed by atoms with Crippen molar-refractivity contribution in [2.45, 2.75) is 44.7 Å². The number of hydrogen-bond acceptors (Lipinski definition) is 7. The zero-order valence-corrected chi connectivity index (χ0v) is 19.4. The number of piperidine rings is 1. The van der Waals surface area contributed by atoms with Crippen molar-refractivity contribution in [2.75, 3.05) is 29.9 Å². The fourth-order valence-corrected chi connectivity index (χ4v) is 4.33. The molecule has 0 amide bonds. The third-order valence-electron chi connectivity index (χ3n) is 6.41. The summed E-state index contributed by atoms with van der Waals surface area (Å²) in [5.41, 5.74) is 2.36. The molecular weight excluding hydrogens is 437 g/mol. The van der Waals surface area contributed by atoms with Crippen molar-refractivity contribution in [3.05, 3.63) is 46.4 Å². The molecule has 2 aromatic heterocycles. The molecule has 2 aliphatic rings. The quantitative estimate of drug-likeness (QED) is 0.560. The van der Waals surface area contributed by atoms with Crippen molar-refractivity contribution in [1.82, 2.24) is 14.5 Å². The fraction of sp³-hybridized carbons (Fsp3) is 0.440. The molecule has 9 heteroatoms. The molecule has 1 N–H and O–H groups in total. The second kappa shape index (κ2) is 9.04. The molecule has 1 aliphatic carbocycles. The molecule has 1 aromatic carbocycles. The first kappa shape index (κ1) is 22.3. The van der Waals surface area contributed by atoms with Crippen LogP contribution in [0.4, 0.5) is 21.8 Å². The number of benzene rings is 1. The first-order valence-electron chi connectivity index (χ1n) is 11.7. The molecule has 0 spiro atoms. The van der Waals surface area contributed by atoms with Crippen molar-refractivity contribution in [2.24, 2.45) is 7.05 Å². The van der Waals surface area contributed by atoms with E-state index in [0.717, 1.165) is 40.8 Å². The average Bonchev–Trinajstić information content (AvgIpc) is 3.66. The predicted octanol–water partition coefficient (Wildman–Crippen LogP) is 4.10. The molecular formula is C25H30FN5O3. The van der Waals surface area contributed by atoms with Gasteiger partial charge < -0.3 is 19.5 Å². The second-order valence-corrected chi connectivity index (χ2v) is 9.17. The number of aromatic nitrogens is 3. The van der Waals surface area contributed by atoms with Crippen LogP contribution in [0.3, 0.4) is 0 Å². The standard InChI is InChI=1S/C25H28FN5O3.H2/c1-15(32)14-34-22-12-17-11-19(5-6-21(17)30(2)24(22)33)28-23-20(16-3-4-16)13-27-25(29-23)31-9-7-18(26)8-10-31;/h5-6,11-13,16,18H,3-4,7-10,14H2,1-2H3,(H,27,28,29);1H. The Kier molecular flexibility index (Phi) is 5.93. The van der Waals surface area contributed by atoms with E-state index in [4.69, 9.17) is 9.72 Å². The lowest BCUT2D eigenvalue weighted by Gasteiger charge is -2.29. The van der Waals surface area contributed by atoms with Crippen LogP contribution in [0.25, 0.3) is 10.9 Å². The molecule has 34 heavy (non-hydrogen) atoms. The highest BCUT2D eigenvalue weighted by Gasteiger charge is 2.29. The number of Topliss-reactive ketones (excluding diaryl/α,β-unsaturated/α-hetero) is 1. The molecule has 0 atom stereocenters. The van der Waals surface area contributed by atoms with Crippen LogP contribution in [0.1, 0.15) is 45.5 Å². The molecule has 8 nitrogen and oxygen atoms in total. The number of ketones is 1. The number of nitrogens with zero attached hydrogens (tertiary/aromatic N) is 4. The molecule has 5 rings (SSSR count). The molecule has 0 unspecified atom stereocenters. The summed E-state index contributed by atoms with van der Waals surface area (Å²) in [5.74, 6) is 1.80. The average molecular weight is 468 g/mol. The number of aryl methyl sites for hydroxylation is 1. The minimum atomic E-state index is -0.752. The third kappa shape index (κ3) is 4.60. The number of ether oxygens (including phenoxy) is 1. The SMILES string of the molecule is CC(=O)COc1cc2cc(Nc3nc(N4CCC(F)CC4)ncc3C3CC3)ccc2n(C)c1=O.[HH]. The number of carbonyl (C=O) groups is 1. The second-order valence-electron chi connectivity index (χ2n) is 9.17. The van der Waals surface area contributed by atoms with Crippen LogP contribution in [0.5, 0.6) is 5.75 Å². The van der Waals surface area contributed by atoms with Gasteiger partial charge in [0.1, 0.15) is 18.6 Å². The summed E-state index contributed by atoms with van der Waals surface area (Å²) in [7, 11) is 1.68. The van der Waals surface area contributed by atoms with Gasteiger partial charge in [0.25, 0.3) is 5.56 Å². The topological polar surface area (TPSA) is 89.3 Å². The maximum atomic E-state index is 13.6. The largest absolute Gasteiger partial charge is 0.480 e. The van der Waals surface area contributed by atoms with Crippen LogP contribution >= 0.6 is 0 Å². The molecule has 0 radical (unpaired) electrons. The van der Waals surface area contributed by atoms with E-state index >= 15 is 0 Å². The minimum absolute atomic E-state index is 0. The van der Waals surface area contributed by atoms with Gasteiger partial charge in [-0.3, -0.25) is 9.59 Å². The van der Waals surface area contributed by atoms with E-state index in [2.05, 4.69) is 10.3 Å². The Balaban J connectivity index is 0.00000289. The van der Waals surface area contributed by atoms with Crippen LogP contribution < -0.4 is 20.5 Å². The Bertz CT molecular complexity index is 1300. The molecule has 0 bridgehead atoms. The van der Waals surface area contributed by atoms with Gasteiger partial charge in [-0.05, 0) is 62.8 Å². The normalized spacial score (nSPS) is 16.6. The van der Waals surface area contributed by atoms with Crippen LogP contribution in [0, 0.1) is 0 Å². The van der Waals surface area contributed by atoms with Crippen LogP contribution in [0.2, 0.25) is 0 Å². The van der Waals surface area contributed by atoms with Gasteiger partial charge in [-0.15, -0.1) is 0 Å². The molecule has 180 valence electrons. The number of fused-ring (bicyclic) bond motifs is 1. The third-order valence-corrected chi connectivity index (χ3v) is 6.41. The Morgan fingerprint density at radius 3 is 2.71 bits per heavy atom. The lowest BCUT2D eigenvalue weighted by Crippen LogP contribution is -2.35. The first-order valence-corrected chi connectivity index (χ1v) is 11.7. The maximum Gasteiger partial charge on any atom is 0.293 e. The smallest absolute Gasteiger partial charge is 0.293 e. The number of halogens is 1. The van der Waals surface area contributed by atoms with Crippen LogP contribution in [-0.4, -0.2) is 46.2 Å². The van der Waals surface area contributed by atoms with Crippen molar-refractivity contribution in [3.63, 3.8) is 0 Å². The molecule has 2 fully saturated rings. The summed E-state index contributed by atoms with van der Waals surface area (Å²) in [6.45, 7) is 2.49. The summed E-state index contributed by atoms with van der Waals surface area (Å²) >= 11 is 0. The molecule has 1 saturated carbocycles. The zero-order chi connectivity index (χ0) is 23.8. The van der Waals surface area contributed by atoms with Gasteiger partial charge >= 0.3 is 0 Å². The summed E-state index contributed by atoms with van der Waals surface area (Å²) in [5, 5.41) is 4.25. The van der Waals surface area contributed by atoms with E-state index in [-0.39, 0.29) is 25.1 Å². The Morgan fingerprint density at radius 2 is 2.00 bits per heavy atom. The minimum Gasteiger partial charge on any atom is -0.480 e. The van der Waals surface area contributed by atoms with Crippen molar-refractivity contribution in [1.29, 1.82) is 0 Å². The van der Waals surface area contributed by atoms with Crippen molar-refractivity contribution >= 4 is 34.1 Å². The van der Waals surface area contributed by atoms with E-state index in [1.807, 2.05) is 29.3 Å². The molecule has 3 heterocycles. The Hall–Kier alpha value is -3.49. The van der Waals surface area contributed by atoms with E-state index in [1.54, 1.807) is 13.1 Å². The highest BCUT2D eigenvalue weighted by Crippen LogP contribution is 2.43. The van der Waals surface area contributed by atoms with Gasteiger partial charge in [0.2, 0.25) is 5.95 Å². The number of anilines is 3. The number of pyridine rings is 1. The van der Waals surface area contributed by atoms with E-state index in [1.165, 1.54) is 11.5 Å². The lowest BCUT2D eigenvalue weighted by molar-refractivity contribution is -0.118. The van der Waals surface area contributed by atoms with Gasteiger partial charge in [0.15, 0.2) is 11.5 Å². The van der Waals surface area contributed by atoms with Crippen molar-refractivity contribution < 1.29 is 15.3 Å². The number of rotatable bonds is 7. The van der Waals surface area contributed by atoms with Gasteiger partial charge in [-0.1, -0.05) is 0 Å². The van der Waals surface area contributed by atoms with E-state index in [9.17, 15) is 14.0 Å². The predicted molar refractivity (Wildman–Crippen MR) is 131 cm³/mol. The number of alkyl halides is 1. The van der Waals surface area contributed by atoms with Crippen LogP contribution in [-0.2, 0) is 11.8 Å². The summed E-state index contributed by atoms with van der Waals surface area (Å²) < 4.78 is 20.5. The highest BCUT2D eigenvalue weighted by molar-refractivity contribution is 5.85. The van der Waals surface area contributed by atoms with Gasteiger partial charge in [0, 0.05) is 44.4 Å². The Labute approximate surface area is 198 Å². The van der Waals surface area contributed by atoms with Gasteiger partial charge in [-0.25, -0.2) is 9.37 Å². The highest BCUT2D eigenvalue weighted by atomic mass is 19.1. The van der Waals surface area contributed by atoms with Gasteiger partial charge in [-0.2, -0.15) is 4.98 Å². The molecule has 1 saturated heterocycles. The molecule has 3 aromatic rings. The summed E-state index contributed by atoms with van der Waals surface area (Å²) in [6.07, 6.45) is 4.35. The van der Waals surface area contributed by atoms with E-state index in [0.29, 0.717) is 37.8 Å². The number of carbonyl (C=O) groups excluding carboxylic acids is 1. The van der Waals surface area contributed by atoms with E-state index < -0.39 is 6.17 Å². The molecule has 1 aliphatic heterocycles. The zero-order valence-electron chi connectivity index (χ0n) is 19.4. The lowest BCUT2D eigenvalue weighted by atomic mass is 10.1. The fourth-order valence-electron chi connectivity index (χ4n) is 4.33.